The number of carboxylic acid groups (broad SMARTS) is 1. The molecule has 0 aliphatic carbocycles. The molecule has 1 fully saturated rings. The van der Waals surface area contributed by atoms with E-state index in [1.165, 1.54) is 24.9 Å². The second-order valence-electron chi connectivity index (χ2n) is 8.57. The van der Waals surface area contributed by atoms with Crippen molar-refractivity contribution >= 4 is 52.0 Å². The molecule has 37 heavy (non-hydrogen) atoms. The van der Waals surface area contributed by atoms with Gasteiger partial charge in [0.2, 0.25) is 5.95 Å². The molecule has 4 rings (SSSR count). The molecule has 3 heterocycles. The van der Waals surface area contributed by atoms with Gasteiger partial charge in [-0.25, -0.2) is 9.78 Å². The quantitative estimate of drug-likeness (QED) is 0.416. The van der Waals surface area contributed by atoms with E-state index in [0.29, 0.717) is 70.6 Å². The van der Waals surface area contributed by atoms with Gasteiger partial charge in [0.05, 0.1) is 30.3 Å². The molecule has 1 aliphatic rings. The number of aromatic nitrogens is 3. The number of anilines is 3. The molecule has 12 nitrogen and oxygen atoms in total. The van der Waals surface area contributed by atoms with Gasteiger partial charge >= 0.3 is 12.1 Å². The van der Waals surface area contributed by atoms with Crippen LogP contribution < -0.4 is 25.8 Å². The average Bonchev–Trinajstić information content (AvgIpc) is 2.90. The number of methoxy groups -OCH3 is 1. The number of aliphatic carboxylic acids is 1. The lowest BCUT2D eigenvalue weighted by molar-refractivity contribution is -0.142. The summed E-state index contributed by atoms with van der Waals surface area (Å²) in [6.07, 6.45) is 1.87. The van der Waals surface area contributed by atoms with Gasteiger partial charge in [-0.15, -0.1) is 0 Å². The lowest BCUT2D eigenvalue weighted by Gasteiger charge is -2.30. The zero-order valence-corrected chi connectivity index (χ0v) is 21.3. The highest BCUT2D eigenvalue weighted by Crippen LogP contribution is 2.33. The maximum Gasteiger partial charge on any atom is 0.407 e. The predicted molar refractivity (Wildman–Crippen MR) is 138 cm³/mol. The number of pyridine rings is 1. The minimum absolute atomic E-state index is 0.193. The van der Waals surface area contributed by atoms with Gasteiger partial charge in [0.1, 0.15) is 17.4 Å². The van der Waals surface area contributed by atoms with Gasteiger partial charge in [0, 0.05) is 44.3 Å². The first-order valence-electron chi connectivity index (χ1n) is 11.5. The number of alkyl carbamates (subject to hydrolysis) is 1. The van der Waals surface area contributed by atoms with E-state index in [1.807, 2.05) is 4.90 Å². The minimum Gasteiger partial charge on any atom is -0.494 e. The summed E-state index contributed by atoms with van der Waals surface area (Å²) < 4.78 is 12.1. The number of piperidine rings is 1. The fraction of sp³-hybridized carbons (Fsp3) is 0.375. The fourth-order valence-corrected chi connectivity index (χ4v) is 4.41. The molecule has 1 aliphatic heterocycles. The summed E-state index contributed by atoms with van der Waals surface area (Å²) in [4.78, 5) is 46.4. The Bertz CT molecular complexity index is 1400. The second kappa shape index (κ2) is 10.9. The van der Waals surface area contributed by atoms with Gasteiger partial charge in [-0.05, 0) is 25.0 Å². The molecule has 3 N–H and O–H groups in total. The summed E-state index contributed by atoms with van der Waals surface area (Å²) in [5.41, 5.74) is 1.14. The predicted octanol–water partition coefficient (Wildman–Crippen LogP) is 2.89. The Morgan fingerprint density at radius 3 is 2.62 bits per heavy atom. The topological polar surface area (TPSA) is 148 Å². The van der Waals surface area contributed by atoms with E-state index in [9.17, 15) is 19.5 Å². The number of fused-ring (bicyclic) bond motifs is 1. The van der Waals surface area contributed by atoms with E-state index in [0.717, 1.165) is 0 Å². The second-order valence-corrected chi connectivity index (χ2v) is 8.97. The lowest BCUT2D eigenvalue weighted by Crippen LogP contribution is -2.37. The SMILES string of the molecule is CNC(=O)OCc1cc2cc(Nc3nc(N4CCC(C(=O)O)CC4)ncc3Cl)cc(OC)c2n(C)c1=O. The number of nitrogens with one attached hydrogen (secondary N) is 2. The van der Waals surface area contributed by atoms with Crippen LogP contribution in [0, 0.1) is 5.92 Å². The molecule has 3 aromatic rings. The molecule has 0 atom stereocenters. The molecule has 0 bridgehead atoms. The zero-order valence-electron chi connectivity index (χ0n) is 20.6. The molecule has 0 spiro atoms. The van der Waals surface area contributed by atoms with Gasteiger partial charge in [-0.3, -0.25) is 9.59 Å². The first-order chi connectivity index (χ1) is 17.7. The van der Waals surface area contributed by atoms with E-state index < -0.39 is 12.1 Å². The molecule has 196 valence electrons. The summed E-state index contributed by atoms with van der Waals surface area (Å²) in [5, 5.41) is 15.7. The third-order valence-corrected chi connectivity index (χ3v) is 6.53. The van der Waals surface area contributed by atoms with E-state index in [2.05, 4.69) is 20.6 Å². The molecular weight excluding hydrogens is 504 g/mol. The van der Waals surface area contributed by atoms with Crippen molar-refractivity contribution in [1.82, 2.24) is 19.9 Å². The van der Waals surface area contributed by atoms with Crippen LogP contribution in [-0.4, -0.2) is 59.0 Å². The minimum atomic E-state index is -0.787. The highest BCUT2D eigenvalue weighted by atomic mass is 35.5. The first-order valence-corrected chi connectivity index (χ1v) is 11.9. The zero-order chi connectivity index (χ0) is 26.7. The normalized spacial score (nSPS) is 13.9. The number of carbonyl (C=O) groups is 2. The van der Waals surface area contributed by atoms with Crippen molar-refractivity contribution in [2.24, 2.45) is 13.0 Å². The lowest BCUT2D eigenvalue weighted by atomic mass is 9.97. The average molecular weight is 531 g/mol. The molecule has 1 saturated heterocycles. The van der Waals surface area contributed by atoms with E-state index >= 15 is 0 Å². The van der Waals surface area contributed by atoms with Crippen LogP contribution in [0.1, 0.15) is 18.4 Å². The number of carbonyl (C=O) groups excluding carboxylic acids is 1. The Labute approximate surface area is 217 Å². The molecule has 13 heteroatoms. The maximum atomic E-state index is 12.8. The van der Waals surface area contributed by atoms with E-state index in [4.69, 9.17) is 21.1 Å². The van der Waals surface area contributed by atoms with Crippen molar-refractivity contribution in [3.05, 3.63) is 45.3 Å². The largest absolute Gasteiger partial charge is 0.494 e. The summed E-state index contributed by atoms with van der Waals surface area (Å²) in [5.74, 6) is 0.0967. The van der Waals surface area contributed by atoms with Crippen molar-refractivity contribution < 1.29 is 24.2 Å². The molecular formula is C24H27ClN6O6. The third kappa shape index (κ3) is 5.53. The molecule has 1 amide bonds. The molecule has 0 saturated carbocycles. The first kappa shape index (κ1) is 26.0. The van der Waals surface area contributed by atoms with E-state index in [-0.39, 0.29) is 18.1 Å². The number of ether oxygens (including phenoxy) is 2. The third-order valence-electron chi connectivity index (χ3n) is 6.25. The Morgan fingerprint density at radius 2 is 1.97 bits per heavy atom. The van der Waals surface area contributed by atoms with Gasteiger partial charge < -0.3 is 34.7 Å². The summed E-state index contributed by atoms with van der Waals surface area (Å²) in [6.45, 7) is 0.857. The number of carboxylic acids is 1. The van der Waals surface area contributed by atoms with Crippen LogP contribution in [-0.2, 0) is 23.2 Å². The molecule has 0 unspecified atom stereocenters. The number of aryl methyl sites for hydroxylation is 1. The molecule has 1 aromatic carbocycles. The van der Waals surface area contributed by atoms with Crippen LogP contribution in [0.5, 0.6) is 5.75 Å². The fourth-order valence-electron chi connectivity index (χ4n) is 4.27. The summed E-state index contributed by atoms with van der Waals surface area (Å²) in [6, 6.07) is 5.17. The van der Waals surface area contributed by atoms with Gasteiger partial charge in [-0.2, -0.15) is 4.98 Å². The van der Waals surface area contributed by atoms with Gasteiger partial charge in [-0.1, -0.05) is 11.6 Å². The van der Waals surface area contributed by atoms with Crippen molar-refractivity contribution in [3.8, 4) is 5.75 Å². The number of hydrogen-bond acceptors (Lipinski definition) is 9. The molecule has 2 aromatic heterocycles. The van der Waals surface area contributed by atoms with Crippen molar-refractivity contribution in [3.63, 3.8) is 0 Å². The maximum absolute atomic E-state index is 12.8. The van der Waals surface area contributed by atoms with E-state index in [1.54, 1.807) is 25.2 Å². The Morgan fingerprint density at radius 1 is 1.24 bits per heavy atom. The van der Waals surface area contributed by atoms with Crippen LogP contribution in [0.15, 0.2) is 29.2 Å². The van der Waals surface area contributed by atoms with Crippen molar-refractivity contribution in [2.75, 3.05) is 37.5 Å². The molecule has 0 radical (unpaired) electrons. The number of amides is 1. The number of nitrogens with zero attached hydrogens (tertiary/aromatic N) is 4. The van der Waals surface area contributed by atoms with Crippen LogP contribution in [0.3, 0.4) is 0 Å². The number of benzene rings is 1. The summed E-state index contributed by atoms with van der Waals surface area (Å²) in [7, 11) is 4.55. The number of halogens is 1. The van der Waals surface area contributed by atoms with Crippen LogP contribution >= 0.6 is 11.6 Å². The van der Waals surface area contributed by atoms with Gasteiger partial charge in [0.25, 0.3) is 5.56 Å². The Kier molecular flexibility index (Phi) is 7.67. The smallest absolute Gasteiger partial charge is 0.407 e. The van der Waals surface area contributed by atoms with Crippen LogP contribution in [0.25, 0.3) is 10.9 Å². The highest BCUT2D eigenvalue weighted by Gasteiger charge is 2.26. The highest BCUT2D eigenvalue weighted by molar-refractivity contribution is 6.32. The number of rotatable bonds is 7. The van der Waals surface area contributed by atoms with Crippen LogP contribution in [0.4, 0.5) is 22.2 Å². The van der Waals surface area contributed by atoms with Crippen molar-refractivity contribution in [1.29, 1.82) is 0 Å². The van der Waals surface area contributed by atoms with Gasteiger partial charge in [0.15, 0.2) is 5.82 Å². The monoisotopic (exact) mass is 530 g/mol. The van der Waals surface area contributed by atoms with Crippen molar-refractivity contribution in [2.45, 2.75) is 19.4 Å². The number of hydrogen-bond donors (Lipinski definition) is 3. The summed E-state index contributed by atoms with van der Waals surface area (Å²) >= 11 is 6.38. The Hall–Kier alpha value is -4.06. The van der Waals surface area contributed by atoms with Crippen LogP contribution in [0.2, 0.25) is 5.02 Å². The standard InChI is InChI=1S/C24H27ClN6O6/c1-26-24(35)37-12-15-8-14-9-16(10-18(36-3)19(14)30(2)21(15)32)28-20-17(25)11-27-23(29-20)31-6-4-13(5-7-31)22(33)34/h8-11,13H,4-7,12H2,1-3H3,(H,26,35)(H,33,34)(H,27,28,29). The Balaban J connectivity index is 1.65.